The molecule has 0 unspecified atom stereocenters. The third kappa shape index (κ3) is 3.03. The van der Waals surface area contributed by atoms with Gasteiger partial charge in [-0.3, -0.25) is 9.78 Å². The topological polar surface area (TPSA) is 77.2 Å². The number of benzene rings is 1. The molecule has 5 nitrogen and oxygen atoms in total. The standard InChI is InChI=1S/C13H15N3O2/c14-6-8-18-9-13(17)16-12-5-1-4-11-10(12)3-2-7-15-11/h1-5,7H,6,8-9,14H2,(H,16,17). The van der Waals surface area contributed by atoms with Crippen LogP contribution >= 0.6 is 0 Å². The molecule has 0 spiro atoms. The number of pyridine rings is 1. The summed E-state index contributed by atoms with van der Waals surface area (Å²) in [6.07, 6.45) is 1.72. The monoisotopic (exact) mass is 245 g/mol. The van der Waals surface area contributed by atoms with Crippen molar-refractivity contribution in [2.75, 3.05) is 25.1 Å². The number of hydrogen-bond acceptors (Lipinski definition) is 4. The van der Waals surface area contributed by atoms with Crippen molar-refractivity contribution in [3.8, 4) is 0 Å². The lowest BCUT2D eigenvalue weighted by Gasteiger charge is -2.08. The van der Waals surface area contributed by atoms with Crippen molar-refractivity contribution in [1.82, 2.24) is 4.98 Å². The lowest BCUT2D eigenvalue weighted by Crippen LogP contribution is -2.20. The third-order valence-electron chi connectivity index (χ3n) is 2.42. The Kier molecular flexibility index (Phi) is 4.22. The molecule has 0 saturated carbocycles. The number of fused-ring (bicyclic) bond motifs is 1. The summed E-state index contributed by atoms with van der Waals surface area (Å²) in [5, 5.41) is 3.71. The van der Waals surface area contributed by atoms with Crippen LogP contribution in [0.2, 0.25) is 0 Å². The van der Waals surface area contributed by atoms with Crippen LogP contribution in [0.15, 0.2) is 36.5 Å². The van der Waals surface area contributed by atoms with Gasteiger partial charge in [-0.15, -0.1) is 0 Å². The summed E-state index contributed by atoms with van der Waals surface area (Å²) in [5.41, 5.74) is 6.86. The predicted octanol–water partition coefficient (Wildman–Crippen LogP) is 1.15. The number of anilines is 1. The second-order valence-electron chi connectivity index (χ2n) is 3.77. The minimum absolute atomic E-state index is 0.00779. The second kappa shape index (κ2) is 6.09. The Morgan fingerprint density at radius 3 is 3.06 bits per heavy atom. The highest BCUT2D eigenvalue weighted by Gasteiger charge is 2.05. The number of ether oxygens (including phenoxy) is 1. The summed E-state index contributed by atoms with van der Waals surface area (Å²) in [4.78, 5) is 15.9. The fraction of sp³-hybridized carbons (Fsp3) is 0.231. The van der Waals surface area contributed by atoms with Crippen molar-refractivity contribution in [3.63, 3.8) is 0 Å². The van der Waals surface area contributed by atoms with Crippen LogP contribution < -0.4 is 11.1 Å². The number of carbonyl (C=O) groups excluding carboxylic acids is 1. The molecule has 1 heterocycles. The molecule has 0 aliphatic carbocycles. The Bertz CT molecular complexity index is 537. The number of nitrogens with zero attached hydrogens (tertiary/aromatic N) is 1. The zero-order chi connectivity index (χ0) is 12.8. The number of carbonyl (C=O) groups is 1. The van der Waals surface area contributed by atoms with Gasteiger partial charge in [0.2, 0.25) is 5.91 Å². The molecule has 2 aromatic rings. The van der Waals surface area contributed by atoms with Crippen LogP contribution in [0.5, 0.6) is 0 Å². The summed E-state index contributed by atoms with van der Waals surface area (Å²) < 4.78 is 5.08. The molecule has 3 N–H and O–H groups in total. The normalized spacial score (nSPS) is 10.5. The van der Waals surface area contributed by atoms with Crippen LogP contribution in [0, 0.1) is 0 Å². The Labute approximate surface area is 105 Å². The molecule has 18 heavy (non-hydrogen) atoms. The molecule has 1 amide bonds. The Morgan fingerprint density at radius 1 is 1.33 bits per heavy atom. The molecule has 0 aliphatic rings. The number of amides is 1. The summed E-state index contributed by atoms with van der Waals surface area (Å²) in [5.74, 6) is -0.195. The Hall–Kier alpha value is -1.98. The van der Waals surface area contributed by atoms with Gasteiger partial charge in [0.25, 0.3) is 0 Å². The first-order chi connectivity index (χ1) is 8.81. The number of nitrogens with two attached hydrogens (primary N) is 1. The Morgan fingerprint density at radius 2 is 2.22 bits per heavy atom. The predicted molar refractivity (Wildman–Crippen MR) is 70.2 cm³/mol. The van der Waals surface area contributed by atoms with E-state index in [9.17, 15) is 4.79 Å². The molecule has 5 heteroatoms. The molecule has 0 atom stereocenters. The quantitative estimate of drug-likeness (QED) is 0.775. The van der Waals surface area contributed by atoms with E-state index in [1.807, 2.05) is 30.3 Å². The smallest absolute Gasteiger partial charge is 0.250 e. The van der Waals surface area contributed by atoms with E-state index in [-0.39, 0.29) is 12.5 Å². The molecule has 0 aliphatic heterocycles. The highest BCUT2D eigenvalue weighted by molar-refractivity contribution is 6.01. The average Bonchev–Trinajstić information content (AvgIpc) is 2.39. The van der Waals surface area contributed by atoms with Crippen LogP contribution in [0.3, 0.4) is 0 Å². The molecule has 94 valence electrons. The fourth-order valence-electron chi connectivity index (χ4n) is 1.65. The molecular formula is C13H15N3O2. The molecule has 0 radical (unpaired) electrons. The Balaban J connectivity index is 2.09. The first kappa shape index (κ1) is 12.5. The largest absolute Gasteiger partial charge is 0.370 e. The zero-order valence-corrected chi connectivity index (χ0v) is 9.93. The summed E-state index contributed by atoms with van der Waals surface area (Å²) in [7, 11) is 0. The summed E-state index contributed by atoms with van der Waals surface area (Å²) in [6.45, 7) is 0.795. The van der Waals surface area contributed by atoms with Gasteiger partial charge in [0.15, 0.2) is 0 Å². The van der Waals surface area contributed by atoms with Crippen LogP contribution in [0.25, 0.3) is 10.9 Å². The van der Waals surface area contributed by atoms with Gasteiger partial charge in [0.05, 0.1) is 17.8 Å². The number of aromatic nitrogens is 1. The van der Waals surface area contributed by atoms with E-state index in [0.29, 0.717) is 13.2 Å². The van der Waals surface area contributed by atoms with E-state index < -0.39 is 0 Å². The average molecular weight is 245 g/mol. The highest BCUT2D eigenvalue weighted by atomic mass is 16.5. The molecule has 1 aromatic carbocycles. The lowest BCUT2D eigenvalue weighted by atomic mass is 10.2. The second-order valence-corrected chi connectivity index (χ2v) is 3.77. The van der Waals surface area contributed by atoms with Crippen molar-refractivity contribution in [1.29, 1.82) is 0 Å². The van der Waals surface area contributed by atoms with Crippen molar-refractivity contribution < 1.29 is 9.53 Å². The van der Waals surface area contributed by atoms with Crippen molar-refractivity contribution in [2.24, 2.45) is 5.73 Å². The molecule has 1 aromatic heterocycles. The number of hydrogen-bond donors (Lipinski definition) is 2. The van der Waals surface area contributed by atoms with Gasteiger partial charge < -0.3 is 15.8 Å². The zero-order valence-electron chi connectivity index (χ0n) is 9.93. The maximum Gasteiger partial charge on any atom is 0.250 e. The van der Waals surface area contributed by atoms with Gasteiger partial charge >= 0.3 is 0 Å². The van der Waals surface area contributed by atoms with Crippen molar-refractivity contribution in [3.05, 3.63) is 36.5 Å². The molecule has 0 fully saturated rings. The van der Waals surface area contributed by atoms with E-state index >= 15 is 0 Å². The molecule has 0 bridgehead atoms. The number of rotatable bonds is 5. The third-order valence-corrected chi connectivity index (χ3v) is 2.42. The van der Waals surface area contributed by atoms with Crippen LogP contribution in [-0.2, 0) is 9.53 Å². The van der Waals surface area contributed by atoms with E-state index in [1.165, 1.54) is 0 Å². The van der Waals surface area contributed by atoms with Gasteiger partial charge in [-0.2, -0.15) is 0 Å². The molecule has 2 rings (SSSR count). The minimum atomic E-state index is -0.195. The van der Waals surface area contributed by atoms with Crippen LogP contribution in [0.1, 0.15) is 0 Å². The van der Waals surface area contributed by atoms with Crippen LogP contribution in [-0.4, -0.2) is 30.6 Å². The SMILES string of the molecule is NCCOCC(=O)Nc1cccc2ncccc12. The molecule has 0 saturated heterocycles. The highest BCUT2D eigenvalue weighted by Crippen LogP contribution is 2.20. The first-order valence-electron chi connectivity index (χ1n) is 5.72. The summed E-state index contributed by atoms with van der Waals surface area (Å²) >= 11 is 0. The van der Waals surface area contributed by atoms with Gasteiger partial charge in [-0.25, -0.2) is 0 Å². The maximum absolute atomic E-state index is 11.6. The lowest BCUT2D eigenvalue weighted by molar-refractivity contribution is -0.120. The van der Waals surface area contributed by atoms with E-state index in [2.05, 4.69) is 10.3 Å². The maximum atomic E-state index is 11.6. The first-order valence-corrected chi connectivity index (χ1v) is 5.72. The van der Waals surface area contributed by atoms with E-state index in [0.717, 1.165) is 16.6 Å². The summed E-state index contributed by atoms with van der Waals surface area (Å²) in [6, 6.07) is 9.34. The minimum Gasteiger partial charge on any atom is -0.370 e. The van der Waals surface area contributed by atoms with Crippen molar-refractivity contribution in [2.45, 2.75) is 0 Å². The fourth-order valence-corrected chi connectivity index (χ4v) is 1.65. The van der Waals surface area contributed by atoms with Gasteiger partial charge in [-0.1, -0.05) is 6.07 Å². The van der Waals surface area contributed by atoms with Gasteiger partial charge in [-0.05, 0) is 24.3 Å². The number of nitrogens with one attached hydrogen (secondary N) is 1. The van der Waals surface area contributed by atoms with Crippen LogP contribution in [0.4, 0.5) is 5.69 Å². The van der Waals surface area contributed by atoms with E-state index in [4.69, 9.17) is 10.5 Å². The van der Waals surface area contributed by atoms with Crippen molar-refractivity contribution >= 4 is 22.5 Å². The molecular weight excluding hydrogens is 230 g/mol. The van der Waals surface area contributed by atoms with Gasteiger partial charge in [0.1, 0.15) is 6.61 Å². The van der Waals surface area contributed by atoms with E-state index in [1.54, 1.807) is 6.20 Å². The van der Waals surface area contributed by atoms with Gasteiger partial charge in [0, 0.05) is 18.1 Å².